The number of ether oxygens (including phenoxy) is 1. The van der Waals surface area contributed by atoms with Gasteiger partial charge in [-0.3, -0.25) is 9.59 Å². The summed E-state index contributed by atoms with van der Waals surface area (Å²) >= 11 is 0. The topological polar surface area (TPSA) is 43.4 Å². The van der Waals surface area contributed by atoms with Gasteiger partial charge in [0.05, 0.1) is 12.2 Å². The third-order valence-electron chi connectivity index (χ3n) is 4.74. The first-order valence-electron chi connectivity index (χ1n) is 7.40. The molecule has 0 radical (unpaired) electrons. The lowest BCUT2D eigenvalue weighted by Gasteiger charge is -2.25. The van der Waals surface area contributed by atoms with Gasteiger partial charge in [-0.25, -0.2) is 0 Å². The lowest BCUT2D eigenvalue weighted by atomic mass is 9.77. The van der Waals surface area contributed by atoms with E-state index in [1.165, 1.54) is 0 Å². The van der Waals surface area contributed by atoms with Crippen molar-refractivity contribution >= 4 is 22.9 Å². The third kappa shape index (κ3) is 1.54. The van der Waals surface area contributed by atoms with Gasteiger partial charge >= 0.3 is 0 Å². The normalized spacial score (nSPS) is 23.7. The highest BCUT2D eigenvalue weighted by atomic mass is 16.5. The van der Waals surface area contributed by atoms with Crippen LogP contribution in [-0.2, 0) is 16.0 Å². The Labute approximate surface area is 123 Å². The van der Waals surface area contributed by atoms with Crippen molar-refractivity contribution in [2.75, 3.05) is 6.61 Å². The van der Waals surface area contributed by atoms with E-state index in [0.29, 0.717) is 23.5 Å². The molecule has 2 aliphatic carbocycles. The lowest BCUT2D eigenvalue weighted by Crippen LogP contribution is -2.27. The van der Waals surface area contributed by atoms with E-state index in [0.717, 1.165) is 41.5 Å². The molecule has 1 aromatic carbocycles. The maximum Gasteiger partial charge on any atom is 0.234 e. The molecule has 0 spiro atoms. The summed E-state index contributed by atoms with van der Waals surface area (Å²) in [4.78, 5) is 25.1. The van der Waals surface area contributed by atoms with E-state index in [1.54, 1.807) is 0 Å². The van der Waals surface area contributed by atoms with Crippen molar-refractivity contribution in [3.8, 4) is 0 Å². The van der Waals surface area contributed by atoms with E-state index in [9.17, 15) is 9.59 Å². The van der Waals surface area contributed by atoms with Crippen LogP contribution in [0.5, 0.6) is 0 Å². The summed E-state index contributed by atoms with van der Waals surface area (Å²) in [5.74, 6) is -0.128. The minimum absolute atomic E-state index is 0.00408. The number of ketones is 2. The number of carbonyl (C=O) groups excluding carboxylic acids is 2. The molecule has 0 amide bonds. The van der Waals surface area contributed by atoms with Crippen LogP contribution in [0, 0.1) is 5.92 Å². The molecule has 1 atom stereocenters. The summed E-state index contributed by atoms with van der Waals surface area (Å²) in [6, 6.07) is 3.94. The minimum Gasteiger partial charge on any atom is -0.492 e. The summed E-state index contributed by atoms with van der Waals surface area (Å²) in [7, 11) is 0. The Morgan fingerprint density at radius 3 is 2.71 bits per heavy atom. The Kier molecular flexibility index (Phi) is 2.49. The largest absolute Gasteiger partial charge is 0.492 e. The molecule has 1 unspecified atom stereocenters. The van der Waals surface area contributed by atoms with Crippen LogP contribution < -0.4 is 0 Å². The maximum absolute atomic E-state index is 12.6. The highest BCUT2D eigenvalue weighted by molar-refractivity contribution is 6.52. The first kappa shape index (κ1) is 12.6. The molecule has 3 heteroatoms. The standard InChI is InChI=1S/C18H16O3/c1-9-4-3-5-12-11(9)6-7-13-15(12)17(20)16(19)14-10(2)8-21-18(13)14/h6-7,10H,1,3-5,8H2,2H3. The highest BCUT2D eigenvalue weighted by Gasteiger charge is 2.41. The summed E-state index contributed by atoms with van der Waals surface area (Å²) < 4.78 is 5.72. The molecule has 1 aliphatic heterocycles. The zero-order chi connectivity index (χ0) is 14.7. The van der Waals surface area contributed by atoms with Gasteiger partial charge in [-0.1, -0.05) is 19.6 Å². The van der Waals surface area contributed by atoms with Crippen molar-refractivity contribution in [1.82, 2.24) is 0 Å². The van der Waals surface area contributed by atoms with Gasteiger partial charge in [0.1, 0.15) is 5.76 Å². The number of hydrogen-bond acceptors (Lipinski definition) is 3. The van der Waals surface area contributed by atoms with E-state index in [-0.39, 0.29) is 17.5 Å². The van der Waals surface area contributed by atoms with Crippen molar-refractivity contribution < 1.29 is 14.3 Å². The number of fused-ring (bicyclic) bond motifs is 4. The van der Waals surface area contributed by atoms with Crippen molar-refractivity contribution in [2.24, 2.45) is 5.92 Å². The molecule has 1 aromatic rings. The average molecular weight is 280 g/mol. The second-order valence-electron chi connectivity index (χ2n) is 6.08. The predicted octanol–water partition coefficient (Wildman–Crippen LogP) is 3.18. The number of Topliss-reactive ketones (excluding diaryl/α,β-unsaturated/α-hetero) is 2. The van der Waals surface area contributed by atoms with Gasteiger partial charge in [0.25, 0.3) is 0 Å². The van der Waals surface area contributed by atoms with Crippen LogP contribution in [0.25, 0.3) is 11.3 Å². The maximum atomic E-state index is 12.6. The van der Waals surface area contributed by atoms with Gasteiger partial charge in [0, 0.05) is 17.0 Å². The molecular formula is C18H16O3. The molecule has 0 N–H and O–H groups in total. The monoisotopic (exact) mass is 280 g/mol. The smallest absolute Gasteiger partial charge is 0.234 e. The number of benzene rings is 1. The Bertz CT molecular complexity index is 752. The molecule has 0 bridgehead atoms. The highest BCUT2D eigenvalue weighted by Crippen LogP contribution is 2.43. The number of hydrogen-bond donors (Lipinski definition) is 0. The summed E-state index contributed by atoms with van der Waals surface area (Å²) in [5, 5.41) is 0. The van der Waals surface area contributed by atoms with Crippen LogP contribution in [0.3, 0.4) is 0 Å². The van der Waals surface area contributed by atoms with Gasteiger partial charge in [0.2, 0.25) is 11.6 Å². The first-order chi connectivity index (χ1) is 10.1. The fraction of sp³-hybridized carbons (Fsp3) is 0.333. The van der Waals surface area contributed by atoms with E-state index in [2.05, 4.69) is 6.58 Å². The zero-order valence-electron chi connectivity index (χ0n) is 12.0. The summed E-state index contributed by atoms with van der Waals surface area (Å²) in [5.41, 5.74) is 4.99. The van der Waals surface area contributed by atoms with Crippen LogP contribution >= 0.6 is 0 Å². The summed E-state index contributed by atoms with van der Waals surface area (Å²) in [6.07, 6.45) is 2.76. The second-order valence-corrected chi connectivity index (χ2v) is 6.08. The molecule has 0 aromatic heterocycles. The van der Waals surface area contributed by atoms with Crippen molar-refractivity contribution in [3.63, 3.8) is 0 Å². The van der Waals surface area contributed by atoms with Crippen LogP contribution in [0.4, 0.5) is 0 Å². The van der Waals surface area contributed by atoms with E-state index < -0.39 is 0 Å². The Morgan fingerprint density at radius 2 is 1.90 bits per heavy atom. The fourth-order valence-electron chi connectivity index (χ4n) is 3.68. The minimum atomic E-state index is -0.382. The quantitative estimate of drug-likeness (QED) is 0.685. The van der Waals surface area contributed by atoms with Gasteiger partial charge in [-0.05, 0) is 42.0 Å². The molecule has 1 heterocycles. The molecule has 3 nitrogen and oxygen atoms in total. The first-order valence-corrected chi connectivity index (χ1v) is 7.40. The Balaban J connectivity index is 2.03. The van der Waals surface area contributed by atoms with Gasteiger partial charge in [-0.2, -0.15) is 0 Å². The molecule has 0 fully saturated rings. The molecule has 0 saturated heterocycles. The van der Waals surface area contributed by atoms with Crippen LogP contribution in [0.2, 0.25) is 0 Å². The Hall–Kier alpha value is -2.16. The average Bonchev–Trinajstić information content (AvgIpc) is 2.86. The van der Waals surface area contributed by atoms with Crippen LogP contribution in [-0.4, -0.2) is 18.2 Å². The van der Waals surface area contributed by atoms with Crippen molar-refractivity contribution in [1.29, 1.82) is 0 Å². The number of allylic oxidation sites excluding steroid dienone is 1. The third-order valence-corrected chi connectivity index (χ3v) is 4.74. The number of carbonyl (C=O) groups is 2. The van der Waals surface area contributed by atoms with Gasteiger partial charge < -0.3 is 4.74 Å². The van der Waals surface area contributed by atoms with E-state index in [1.807, 2.05) is 19.1 Å². The molecule has 21 heavy (non-hydrogen) atoms. The van der Waals surface area contributed by atoms with Gasteiger partial charge in [-0.15, -0.1) is 0 Å². The molecular weight excluding hydrogens is 264 g/mol. The lowest BCUT2D eigenvalue weighted by molar-refractivity contribution is -0.112. The van der Waals surface area contributed by atoms with Crippen LogP contribution in [0.15, 0.2) is 24.3 Å². The molecule has 4 rings (SSSR count). The molecule has 106 valence electrons. The molecule has 3 aliphatic rings. The zero-order valence-corrected chi connectivity index (χ0v) is 12.0. The van der Waals surface area contributed by atoms with Crippen LogP contribution in [0.1, 0.15) is 46.8 Å². The van der Waals surface area contributed by atoms with E-state index in [4.69, 9.17) is 4.74 Å². The van der Waals surface area contributed by atoms with Crippen molar-refractivity contribution in [3.05, 3.63) is 46.5 Å². The summed E-state index contributed by atoms with van der Waals surface area (Å²) in [6.45, 7) is 6.50. The van der Waals surface area contributed by atoms with E-state index >= 15 is 0 Å². The van der Waals surface area contributed by atoms with Gasteiger partial charge in [0.15, 0.2) is 0 Å². The fourth-order valence-corrected chi connectivity index (χ4v) is 3.68. The molecule has 0 saturated carbocycles. The number of rotatable bonds is 0. The predicted molar refractivity (Wildman–Crippen MR) is 79.8 cm³/mol. The second kappa shape index (κ2) is 4.17. The Morgan fingerprint density at radius 1 is 1.14 bits per heavy atom. The van der Waals surface area contributed by atoms with Crippen molar-refractivity contribution in [2.45, 2.75) is 26.2 Å². The SMILES string of the molecule is C=C1CCCc2c1ccc1c2C(=O)C(=O)C2=C1OCC2C.